The number of benzene rings is 2. The van der Waals surface area contributed by atoms with Gasteiger partial charge in [0, 0.05) is 20.6 Å². The Morgan fingerprint density at radius 1 is 1.16 bits per heavy atom. The zero-order valence-corrected chi connectivity index (χ0v) is 12.9. The molecule has 5 heteroatoms. The molecule has 1 unspecified atom stereocenters. The SMILES string of the molecule is NC(Cc1c(Cl)cccc1Cl)c1cc(F)ccc1Br. The Hall–Kier alpha value is -0.610. The fourth-order valence-corrected chi connectivity index (χ4v) is 2.95. The van der Waals surface area contributed by atoms with Gasteiger partial charge < -0.3 is 5.73 Å². The maximum Gasteiger partial charge on any atom is 0.123 e. The van der Waals surface area contributed by atoms with Gasteiger partial charge in [0.15, 0.2) is 0 Å². The van der Waals surface area contributed by atoms with E-state index >= 15 is 0 Å². The van der Waals surface area contributed by atoms with E-state index < -0.39 is 0 Å². The second kappa shape index (κ2) is 6.23. The Labute approximate surface area is 129 Å². The highest BCUT2D eigenvalue weighted by Gasteiger charge is 2.15. The van der Waals surface area contributed by atoms with Gasteiger partial charge in [0.25, 0.3) is 0 Å². The Bertz CT molecular complexity index is 584. The fraction of sp³-hybridized carbons (Fsp3) is 0.143. The van der Waals surface area contributed by atoms with Gasteiger partial charge in [-0.15, -0.1) is 0 Å². The molecule has 2 aromatic carbocycles. The maximum absolute atomic E-state index is 13.3. The lowest BCUT2D eigenvalue weighted by atomic mass is 9.99. The van der Waals surface area contributed by atoms with Crippen LogP contribution < -0.4 is 5.73 Å². The summed E-state index contributed by atoms with van der Waals surface area (Å²) in [6, 6.07) is 9.34. The van der Waals surface area contributed by atoms with Crippen molar-refractivity contribution in [2.75, 3.05) is 0 Å². The molecule has 1 atom stereocenters. The first-order valence-electron chi connectivity index (χ1n) is 5.62. The average Bonchev–Trinajstić information content (AvgIpc) is 2.37. The summed E-state index contributed by atoms with van der Waals surface area (Å²) in [6.07, 6.45) is 0.445. The average molecular weight is 363 g/mol. The second-order valence-corrected chi connectivity index (χ2v) is 5.85. The van der Waals surface area contributed by atoms with Crippen molar-refractivity contribution in [1.82, 2.24) is 0 Å². The van der Waals surface area contributed by atoms with Crippen LogP contribution in [-0.2, 0) is 6.42 Å². The lowest BCUT2D eigenvalue weighted by molar-refractivity contribution is 0.617. The van der Waals surface area contributed by atoms with Crippen molar-refractivity contribution < 1.29 is 4.39 Å². The molecule has 19 heavy (non-hydrogen) atoms. The van der Waals surface area contributed by atoms with Crippen LogP contribution in [0.2, 0.25) is 10.0 Å². The summed E-state index contributed by atoms with van der Waals surface area (Å²) in [5.41, 5.74) is 7.58. The van der Waals surface area contributed by atoms with E-state index in [0.717, 1.165) is 10.0 Å². The highest BCUT2D eigenvalue weighted by molar-refractivity contribution is 9.10. The van der Waals surface area contributed by atoms with Gasteiger partial charge in [-0.2, -0.15) is 0 Å². The molecule has 0 aliphatic rings. The Morgan fingerprint density at radius 3 is 2.42 bits per heavy atom. The van der Waals surface area contributed by atoms with Gasteiger partial charge in [-0.05, 0) is 47.9 Å². The normalized spacial score (nSPS) is 12.5. The van der Waals surface area contributed by atoms with Crippen LogP contribution in [0.25, 0.3) is 0 Å². The van der Waals surface area contributed by atoms with Crippen LogP contribution in [0.4, 0.5) is 4.39 Å². The molecule has 100 valence electrons. The van der Waals surface area contributed by atoms with E-state index in [4.69, 9.17) is 28.9 Å². The van der Waals surface area contributed by atoms with Gasteiger partial charge in [-0.1, -0.05) is 45.2 Å². The summed E-state index contributed by atoms with van der Waals surface area (Å²) in [7, 11) is 0. The van der Waals surface area contributed by atoms with Gasteiger partial charge in [0.05, 0.1) is 0 Å². The molecule has 0 amide bonds. The summed E-state index contributed by atoms with van der Waals surface area (Å²) in [4.78, 5) is 0. The van der Waals surface area contributed by atoms with E-state index in [9.17, 15) is 4.39 Å². The lowest BCUT2D eigenvalue weighted by Crippen LogP contribution is -2.14. The number of nitrogens with two attached hydrogens (primary N) is 1. The van der Waals surface area contributed by atoms with Crippen molar-refractivity contribution in [1.29, 1.82) is 0 Å². The Kier molecular flexibility index (Phi) is 4.85. The van der Waals surface area contributed by atoms with Crippen molar-refractivity contribution in [2.24, 2.45) is 5.73 Å². The molecule has 0 radical (unpaired) electrons. The van der Waals surface area contributed by atoms with E-state index in [1.165, 1.54) is 12.1 Å². The third-order valence-electron chi connectivity index (χ3n) is 2.84. The minimum absolute atomic E-state index is 0.320. The number of rotatable bonds is 3. The van der Waals surface area contributed by atoms with Gasteiger partial charge >= 0.3 is 0 Å². The third-order valence-corrected chi connectivity index (χ3v) is 4.27. The second-order valence-electron chi connectivity index (χ2n) is 4.18. The Balaban J connectivity index is 2.31. The molecule has 0 spiro atoms. The van der Waals surface area contributed by atoms with E-state index in [-0.39, 0.29) is 11.9 Å². The standard InChI is InChI=1S/C14H11BrCl2FN/c15-11-5-4-8(18)6-9(11)14(19)7-10-12(16)2-1-3-13(10)17/h1-6,14H,7,19H2. The van der Waals surface area contributed by atoms with Crippen molar-refractivity contribution in [3.63, 3.8) is 0 Å². The van der Waals surface area contributed by atoms with Crippen LogP contribution in [0, 0.1) is 5.82 Å². The predicted octanol–water partition coefficient (Wildman–Crippen LogP) is 5.14. The van der Waals surface area contributed by atoms with Crippen LogP contribution in [0.3, 0.4) is 0 Å². The smallest absolute Gasteiger partial charge is 0.123 e. The van der Waals surface area contributed by atoms with Gasteiger partial charge in [0.1, 0.15) is 5.82 Å². The number of hydrogen-bond acceptors (Lipinski definition) is 1. The molecule has 2 N–H and O–H groups in total. The summed E-state index contributed by atoms with van der Waals surface area (Å²) < 4.78 is 14.0. The monoisotopic (exact) mass is 361 g/mol. The fourth-order valence-electron chi connectivity index (χ4n) is 1.86. The summed E-state index contributed by atoms with van der Waals surface area (Å²) in [6.45, 7) is 0. The van der Waals surface area contributed by atoms with E-state index in [2.05, 4.69) is 15.9 Å². The molecule has 2 aromatic rings. The predicted molar refractivity (Wildman–Crippen MR) is 81.2 cm³/mol. The first kappa shape index (κ1) is 14.8. The number of hydrogen-bond donors (Lipinski definition) is 1. The lowest BCUT2D eigenvalue weighted by Gasteiger charge is -2.16. The first-order valence-corrected chi connectivity index (χ1v) is 7.17. The minimum Gasteiger partial charge on any atom is -0.324 e. The van der Waals surface area contributed by atoms with Crippen molar-refractivity contribution in [3.05, 3.63) is 67.9 Å². The van der Waals surface area contributed by atoms with Crippen LogP contribution >= 0.6 is 39.1 Å². The molecule has 0 saturated heterocycles. The van der Waals surface area contributed by atoms with E-state index in [1.54, 1.807) is 24.3 Å². The molecule has 0 heterocycles. The van der Waals surface area contributed by atoms with Crippen molar-refractivity contribution in [3.8, 4) is 0 Å². The largest absolute Gasteiger partial charge is 0.324 e. The van der Waals surface area contributed by atoms with E-state index in [0.29, 0.717) is 22.0 Å². The topological polar surface area (TPSA) is 26.0 Å². The quantitative estimate of drug-likeness (QED) is 0.803. The summed E-state index contributed by atoms with van der Waals surface area (Å²) >= 11 is 15.6. The molecule has 0 aromatic heterocycles. The van der Waals surface area contributed by atoms with E-state index in [1.807, 2.05) is 0 Å². The molecular weight excluding hydrogens is 352 g/mol. The highest BCUT2D eigenvalue weighted by atomic mass is 79.9. The zero-order valence-electron chi connectivity index (χ0n) is 9.84. The molecule has 2 rings (SSSR count). The van der Waals surface area contributed by atoms with Crippen molar-refractivity contribution >= 4 is 39.1 Å². The highest BCUT2D eigenvalue weighted by Crippen LogP contribution is 2.31. The number of halogens is 4. The minimum atomic E-state index is -0.387. The first-order chi connectivity index (χ1) is 8.99. The molecule has 0 aliphatic carbocycles. The summed E-state index contributed by atoms with van der Waals surface area (Å²) in [5, 5.41) is 1.13. The molecule has 0 bridgehead atoms. The van der Waals surface area contributed by atoms with Crippen LogP contribution in [0.15, 0.2) is 40.9 Å². The van der Waals surface area contributed by atoms with Crippen LogP contribution in [0.1, 0.15) is 17.2 Å². The van der Waals surface area contributed by atoms with Gasteiger partial charge in [-0.3, -0.25) is 0 Å². The zero-order chi connectivity index (χ0) is 14.0. The van der Waals surface area contributed by atoms with Gasteiger partial charge in [-0.25, -0.2) is 4.39 Å². The van der Waals surface area contributed by atoms with Crippen LogP contribution in [-0.4, -0.2) is 0 Å². The third kappa shape index (κ3) is 3.48. The summed E-state index contributed by atoms with van der Waals surface area (Å²) in [5.74, 6) is -0.320. The molecule has 0 saturated carbocycles. The molecular formula is C14H11BrCl2FN. The van der Waals surface area contributed by atoms with Crippen molar-refractivity contribution in [2.45, 2.75) is 12.5 Å². The Morgan fingerprint density at radius 2 is 1.79 bits per heavy atom. The van der Waals surface area contributed by atoms with Crippen LogP contribution in [0.5, 0.6) is 0 Å². The molecule has 0 aliphatic heterocycles. The molecule has 0 fully saturated rings. The van der Waals surface area contributed by atoms with Gasteiger partial charge in [0.2, 0.25) is 0 Å². The molecule has 1 nitrogen and oxygen atoms in total. The maximum atomic E-state index is 13.3.